The lowest BCUT2D eigenvalue weighted by Crippen LogP contribution is -3.00. The van der Waals surface area contributed by atoms with Crippen molar-refractivity contribution in [2.75, 3.05) is 53.4 Å². The monoisotopic (exact) mass is 549 g/mol. The van der Waals surface area contributed by atoms with Crippen molar-refractivity contribution in [2.45, 2.75) is 55.4 Å². The molecule has 0 aliphatic rings. The van der Waals surface area contributed by atoms with Crippen LogP contribution in [0.5, 0.6) is 0 Å². The maximum atomic E-state index is 12.9. The molecule has 0 heterocycles. The highest BCUT2D eigenvalue weighted by Gasteiger charge is 2.35. The Labute approximate surface area is 226 Å². The van der Waals surface area contributed by atoms with Crippen LogP contribution in [0.15, 0.2) is 36.4 Å². The maximum Gasteiger partial charge on any atom is 0.166 e. The van der Waals surface area contributed by atoms with E-state index < -0.39 is 10.8 Å². The van der Waals surface area contributed by atoms with Crippen molar-refractivity contribution in [1.82, 2.24) is 0 Å². The first-order chi connectivity index (χ1) is 15.7. The minimum Gasteiger partial charge on any atom is -1.00 e. The first-order valence-electron chi connectivity index (χ1n) is 12.9. The quantitative estimate of drug-likeness (QED) is 0.264. The fourth-order valence-corrected chi connectivity index (χ4v) is 4.47. The minimum absolute atomic E-state index is 0. The summed E-state index contributed by atoms with van der Waals surface area (Å²) in [5, 5.41) is 0. The molecule has 0 bridgehead atoms. The molecule has 0 aromatic heterocycles. The third kappa shape index (κ3) is 10.1. The molecular formula is C30H50BrN2O2+. The average molecular weight is 551 g/mol. The highest BCUT2D eigenvalue weighted by molar-refractivity contribution is 5.98. The Kier molecular flexibility index (Phi) is 13.1. The summed E-state index contributed by atoms with van der Waals surface area (Å²) in [6, 6.07) is 7.97. The second-order valence-corrected chi connectivity index (χ2v) is 11.6. The fourth-order valence-electron chi connectivity index (χ4n) is 4.47. The molecule has 0 spiro atoms. The van der Waals surface area contributed by atoms with E-state index in [1.54, 1.807) is 12.2 Å². The Morgan fingerprint density at radius 2 is 0.914 bits per heavy atom. The summed E-state index contributed by atoms with van der Waals surface area (Å²) < 4.78 is 1.77. The van der Waals surface area contributed by atoms with Crippen molar-refractivity contribution in [3.05, 3.63) is 47.5 Å². The van der Waals surface area contributed by atoms with Crippen molar-refractivity contribution < 1.29 is 35.5 Å². The number of carbonyl (C=O) groups excluding carboxylic acids is 2. The van der Waals surface area contributed by atoms with Gasteiger partial charge in [-0.3, -0.25) is 9.59 Å². The van der Waals surface area contributed by atoms with E-state index in [1.807, 2.05) is 64.1 Å². The number of allylic oxidation sites excluding steroid dienone is 2. The summed E-state index contributed by atoms with van der Waals surface area (Å²) in [6.07, 6.45) is 7.21. The summed E-state index contributed by atoms with van der Waals surface area (Å²) in [7, 11) is 4.42. The summed E-state index contributed by atoms with van der Waals surface area (Å²) in [5.41, 5.74) is 1.15. The minimum atomic E-state index is -0.405. The maximum absolute atomic E-state index is 12.9. The molecule has 0 amide bonds. The second-order valence-electron chi connectivity index (χ2n) is 11.6. The lowest BCUT2D eigenvalue weighted by Gasteiger charge is -2.38. The Morgan fingerprint density at radius 1 is 0.657 bits per heavy atom. The zero-order chi connectivity index (χ0) is 26.2. The highest BCUT2D eigenvalue weighted by atomic mass is 79.9. The van der Waals surface area contributed by atoms with Gasteiger partial charge in [0.05, 0.1) is 64.2 Å². The molecule has 0 atom stereocenters. The summed E-state index contributed by atoms with van der Waals surface area (Å²) in [5.74, 6) is 0.306. The van der Waals surface area contributed by atoms with Gasteiger partial charge in [-0.05, 0) is 78.7 Å². The molecule has 0 aliphatic carbocycles. The predicted octanol–water partition coefficient (Wildman–Crippen LogP) is 2.88. The van der Waals surface area contributed by atoms with Crippen LogP contribution in [0.2, 0.25) is 0 Å². The molecule has 0 fully saturated rings. The molecule has 0 saturated carbocycles. The number of benzene rings is 1. The van der Waals surface area contributed by atoms with Crippen molar-refractivity contribution in [2.24, 2.45) is 10.8 Å². The van der Waals surface area contributed by atoms with E-state index in [0.717, 1.165) is 59.4 Å². The zero-order valence-corrected chi connectivity index (χ0v) is 25.5. The summed E-state index contributed by atoms with van der Waals surface area (Å²) >= 11 is 0. The number of nitrogens with zero attached hydrogens (tertiary/aromatic N) is 2. The van der Waals surface area contributed by atoms with Gasteiger partial charge in [0.2, 0.25) is 0 Å². The fraction of sp³-hybridized carbons (Fsp3) is 0.600. The molecule has 198 valence electrons. The smallest absolute Gasteiger partial charge is 0.166 e. The van der Waals surface area contributed by atoms with Crippen molar-refractivity contribution in [1.29, 1.82) is 0 Å². The van der Waals surface area contributed by atoms with E-state index in [1.165, 1.54) is 0 Å². The largest absolute Gasteiger partial charge is 1.00 e. The molecule has 1 rings (SSSR count). The number of halogens is 1. The van der Waals surface area contributed by atoms with E-state index in [0.29, 0.717) is 0 Å². The predicted molar refractivity (Wildman–Crippen MR) is 146 cm³/mol. The van der Waals surface area contributed by atoms with Gasteiger partial charge >= 0.3 is 0 Å². The van der Waals surface area contributed by atoms with Gasteiger partial charge in [0.15, 0.2) is 11.6 Å². The van der Waals surface area contributed by atoms with E-state index in [4.69, 9.17) is 0 Å². The van der Waals surface area contributed by atoms with Crippen LogP contribution in [0.3, 0.4) is 0 Å². The first-order valence-corrected chi connectivity index (χ1v) is 12.9. The number of hydrogen-bond donors (Lipinski definition) is 0. The standard InChI is InChI=1S/C30H50N2O2.BrH/c1-11-31(9,12-2)23-29(5,6)27(33)21-19-25-15-17-26(18-16-25)20-22-28(34)30(7,8)24-32(10,13-3)14-4;/h15-22H,11-14,23-24H2,1-10H3;1H/q+2;/p-1/b21-19+,22-20+;. The summed E-state index contributed by atoms with van der Waals surface area (Å²) in [6.45, 7) is 22.6. The SMILES string of the molecule is CC[N+](C)(CC)CC(C)(C)C(=O)/C=C/c1ccc(/C=C/C(=O)C(C)(C)C[N+](C)(CC)CC)cc1.[Br-]. The van der Waals surface area contributed by atoms with Crippen molar-refractivity contribution >= 4 is 23.7 Å². The second kappa shape index (κ2) is 13.7. The third-order valence-electron chi connectivity index (χ3n) is 7.73. The topological polar surface area (TPSA) is 34.1 Å². The van der Waals surface area contributed by atoms with Crippen LogP contribution >= 0.6 is 0 Å². The van der Waals surface area contributed by atoms with Crippen LogP contribution in [-0.2, 0) is 9.59 Å². The Bertz CT molecular complexity index is 801. The van der Waals surface area contributed by atoms with Crippen molar-refractivity contribution in [3.63, 3.8) is 0 Å². The lowest BCUT2D eigenvalue weighted by atomic mass is 9.85. The van der Waals surface area contributed by atoms with E-state index in [2.05, 4.69) is 41.8 Å². The van der Waals surface area contributed by atoms with Crippen LogP contribution in [0, 0.1) is 10.8 Å². The zero-order valence-electron chi connectivity index (χ0n) is 24.0. The molecule has 0 radical (unpaired) electrons. The lowest BCUT2D eigenvalue weighted by molar-refractivity contribution is -0.910. The molecular weight excluding hydrogens is 500 g/mol. The van der Waals surface area contributed by atoms with Gasteiger partial charge in [-0.1, -0.05) is 36.4 Å². The number of ketones is 2. The van der Waals surface area contributed by atoms with Gasteiger partial charge in [0.25, 0.3) is 0 Å². The number of carbonyl (C=O) groups is 2. The molecule has 1 aromatic carbocycles. The van der Waals surface area contributed by atoms with Gasteiger partial charge in [-0.2, -0.15) is 0 Å². The number of hydrogen-bond acceptors (Lipinski definition) is 2. The molecule has 0 aliphatic heterocycles. The van der Waals surface area contributed by atoms with Crippen molar-refractivity contribution in [3.8, 4) is 0 Å². The molecule has 4 nitrogen and oxygen atoms in total. The van der Waals surface area contributed by atoms with Gasteiger partial charge < -0.3 is 25.9 Å². The van der Waals surface area contributed by atoms with E-state index in [-0.39, 0.29) is 28.5 Å². The summed E-state index contributed by atoms with van der Waals surface area (Å²) in [4.78, 5) is 25.8. The van der Waals surface area contributed by atoms with Gasteiger partial charge in [-0.15, -0.1) is 0 Å². The Morgan fingerprint density at radius 3 is 1.14 bits per heavy atom. The molecule has 0 unspecified atom stereocenters. The van der Waals surface area contributed by atoms with Crippen LogP contribution in [-0.4, -0.2) is 73.9 Å². The molecule has 0 N–H and O–H groups in total. The molecule has 35 heavy (non-hydrogen) atoms. The van der Waals surface area contributed by atoms with Crippen LogP contribution in [0.4, 0.5) is 0 Å². The first kappa shape index (κ1) is 33.4. The molecule has 0 saturated heterocycles. The average Bonchev–Trinajstić information content (AvgIpc) is 2.80. The van der Waals surface area contributed by atoms with Gasteiger partial charge in [0, 0.05) is 0 Å². The van der Waals surface area contributed by atoms with Crippen LogP contribution in [0.25, 0.3) is 12.2 Å². The Hall–Kier alpha value is -1.56. The molecule has 5 heteroatoms. The van der Waals surface area contributed by atoms with E-state index in [9.17, 15) is 9.59 Å². The number of rotatable bonds is 14. The third-order valence-corrected chi connectivity index (χ3v) is 7.73. The normalized spacial score (nSPS) is 13.3. The highest BCUT2D eigenvalue weighted by Crippen LogP contribution is 2.24. The Balaban J connectivity index is 0.0000116. The van der Waals surface area contributed by atoms with Crippen LogP contribution in [0.1, 0.15) is 66.5 Å². The van der Waals surface area contributed by atoms with Gasteiger partial charge in [-0.25, -0.2) is 0 Å². The van der Waals surface area contributed by atoms with Gasteiger partial charge in [0.1, 0.15) is 0 Å². The number of quaternary nitrogens is 2. The van der Waals surface area contributed by atoms with Crippen LogP contribution < -0.4 is 17.0 Å². The van der Waals surface area contributed by atoms with E-state index >= 15 is 0 Å². The molecule has 1 aromatic rings.